The molecule has 7 nitrogen and oxygen atoms in total. The van der Waals surface area contributed by atoms with E-state index in [1.807, 2.05) is 50.8 Å². The Morgan fingerprint density at radius 3 is 2.81 bits per heavy atom. The molecule has 140 valence electrons. The topological polar surface area (TPSA) is 76.8 Å². The zero-order valence-corrected chi connectivity index (χ0v) is 15.8. The molecule has 1 amide bonds. The van der Waals surface area contributed by atoms with Crippen molar-refractivity contribution in [3.05, 3.63) is 53.9 Å². The molecule has 0 saturated carbocycles. The smallest absolute Gasteiger partial charge is 0.230 e. The summed E-state index contributed by atoms with van der Waals surface area (Å²) in [5.41, 5.74) is 4.18. The third-order valence-electron chi connectivity index (χ3n) is 5.26. The second-order valence-corrected chi connectivity index (χ2v) is 7.16. The quantitative estimate of drug-likeness (QED) is 0.743. The Bertz CT molecular complexity index is 973. The summed E-state index contributed by atoms with van der Waals surface area (Å²) in [4.78, 5) is 13.0. The third kappa shape index (κ3) is 3.38. The minimum absolute atomic E-state index is 0.00758. The molecule has 1 aromatic carbocycles. The van der Waals surface area contributed by atoms with Crippen LogP contribution in [-0.2, 0) is 18.9 Å². The van der Waals surface area contributed by atoms with Gasteiger partial charge in [-0.2, -0.15) is 10.2 Å². The molecule has 1 fully saturated rings. The molecule has 0 spiro atoms. The van der Waals surface area contributed by atoms with Crippen molar-refractivity contribution >= 4 is 11.7 Å². The number of hydrogen-bond donors (Lipinski definition) is 2. The van der Waals surface area contributed by atoms with Gasteiger partial charge >= 0.3 is 0 Å². The zero-order chi connectivity index (χ0) is 19.0. The van der Waals surface area contributed by atoms with Crippen molar-refractivity contribution in [2.75, 3.05) is 18.4 Å². The number of aromatic nitrogens is 4. The lowest BCUT2D eigenvalue weighted by atomic mass is 9.90. The van der Waals surface area contributed by atoms with Gasteiger partial charge in [0.1, 0.15) is 5.82 Å². The largest absolute Gasteiger partial charge is 0.315 e. The first-order valence-electron chi connectivity index (χ1n) is 9.13. The fourth-order valence-corrected chi connectivity index (χ4v) is 3.73. The molecular formula is C20H24N6O. The fourth-order valence-electron chi connectivity index (χ4n) is 3.73. The molecule has 0 radical (unpaired) electrons. The molecule has 27 heavy (non-hydrogen) atoms. The average molecular weight is 364 g/mol. The van der Waals surface area contributed by atoms with E-state index in [4.69, 9.17) is 0 Å². The number of benzene rings is 1. The molecule has 4 rings (SSSR count). The van der Waals surface area contributed by atoms with Crippen molar-refractivity contribution in [3.63, 3.8) is 0 Å². The van der Waals surface area contributed by atoms with Crippen molar-refractivity contribution in [1.82, 2.24) is 24.9 Å². The van der Waals surface area contributed by atoms with Crippen LogP contribution < -0.4 is 10.6 Å². The normalized spacial score (nSPS) is 19.4. The maximum atomic E-state index is 13.0. The fraction of sp³-hybridized carbons (Fsp3) is 0.350. The van der Waals surface area contributed by atoms with Gasteiger partial charge < -0.3 is 10.6 Å². The lowest BCUT2D eigenvalue weighted by Crippen LogP contribution is -2.28. The Morgan fingerprint density at radius 1 is 1.26 bits per heavy atom. The Morgan fingerprint density at radius 2 is 2.07 bits per heavy atom. The minimum atomic E-state index is -0.133. The highest BCUT2D eigenvalue weighted by Gasteiger charge is 2.35. The number of nitrogens with one attached hydrogen (secondary N) is 2. The van der Waals surface area contributed by atoms with Crippen LogP contribution in [0.3, 0.4) is 0 Å². The number of rotatable bonds is 4. The molecule has 2 N–H and O–H groups in total. The molecule has 0 aliphatic carbocycles. The first-order chi connectivity index (χ1) is 13.0. The third-order valence-corrected chi connectivity index (χ3v) is 5.26. The minimum Gasteiger partial charge on any atom is -0.315 e. The van der Waals surface area contributed by atoms with Gasteiger partial charge in [-0.25, -0.2) is 0 Å². The number of nitrogens with zero attached hydrogens (tertiary/aromatic N) is 4. The molecule has 2 aromatic heterocycles. The van der Waals surface area contributed by atoms with Crippen molar-refractivity contribution in [2.24, 2.45) is 20.0 Å². The van der Waals surface area contributed by atoms with Crippen LogP contribution in [0.2, 0.25) is 0 Å². The van der Waals surface area contributed by atoms with Crippen molar-refractivity contribution in [2.45, 2.75) is 12.8 Å². The SMILES string of the molecule is Cc1ccccc1-c1cc(NC(=O)[C@H]2CNC[C@@H]2c2cnn(C)c2)n(C)n1. The predicted octanol–water partition coefficient (Wildman–Crippen LogP) is 2.07. The van der Waals surface area contributed by atoms with Crippen LogP contribution in [0, 0.1) is 12.8 Å². The van der Waals surface area contributed by atoms with E-state index in [2.05, 4.69) is 33.8 Å². The number of aryl methyl sites for hydroxylation is 3. The maximum Gasteiger partial charge on any atom is 0.230 e. The molecule has 1 aliphatic rings. The van der Waals surface area contributed by atoms with Crippen LogP contribution in [0.25, 0.3) is 11.3 Å². The van der Waals surface area contributed by atoms with Crippen molar-refractivity contribution in [1.29, 1.82) is 0 Å². The lowest BCUT2D eigenvalue weighted by molar-refractivity contribution is -0.119. The van der Waals surface area contributed by atoms with E-state index in [1.165, 1.54) is 0 Å². The Kier molecular flexibility index (Phi) is 4.53. The number of anilines is 1. The number of hydrogen-bond acceptors (Lipinski definition) is 4. The summed E-state index contributed by atoms with van der Waals surface area (Å²) in [6.07, 6.45) is 3.83. The van der Waals surface area contributed by atoms with E-state index in [0.29, 0.717) is 12.4 Å². The van der Waals surface area contributed by atoms with E-state index in [-0.39, 0.29) is 17.7 Å². The van der Waals surface area contributed by atoms with Gasteiger partial charge in [0, 0.05) is 50.9 Å². The zero-order valence-electron chi connectivity index (χ0n) is 15.8. The van der Waals surface area contributed by atoms with Crippen LogP contribution in [0.1, 0.15) is 17.0 Å². The van der Waals surface area contributed by atoms with Gasteiger partial charge in [0.15, 0.2) is 0 Å². The second-order valence-electron chi connectivity index (χ2n) is 7.16. The van der Waals surface area contributed by atoms with Crippen molar-refractivity contribution < 1.29 is 4.79 Å². The molecule has 7 heteroatoms. The van der Waals surface area contributed by atoms with Crippen LogP contribution in [0.15, 0.2) is 42.7 Å². The first-order valence-corrected chi connectivity index (χ1v) is 9.13. The van der Waals surface area contributed by atoms with E-state index in [0.717, 1.165) is 28.9 Å². The summed E-state index contributed by atoms with van der Waals surface area (Å²) in [6, 6.07) is 10.0. The van der Waals surface area contributed by atoms with Gasteiger partial charge in [-0.3, -0.25) is 14.2 Å². The molecule has 2 atom stereocenters. The van der Waals surface area contributed by atoms with Gasteiger partial charge in [-0.1, -0.05) is 24.3 Å². The lowest BCUT2D eigenvalue weighted by Gasteiger charge is -2.16. The molecular weight excluding hydrogens is 340 g/mol. The second kappa shape index (κ2) is 7.00. The van der Waals surface area contributed by atoms with Gasteiger partial charge in [0.2, 0.25) is 5.91 Å². The molecule has 0 unspecified atom stereocenters. The molecule has 0 bridgehead atoms. The van der Waals surface area contributed by atoms with E-state index >= 15 is 0 Å². The number of amides is 1. The molecule has 1 aliphatic heterocycles. The Balaban J connectivity index is 1.54. The van der Waals surface area contributed by atoms with Crippen LogP contribution in [0.5, 0.6) is 0 Å². The highest BCUT2D eigenvalue weighted by atomic mass is 16.2. The van der Waals surface area contributed by atoms with E-state index in [1.54, 1.807) is 9.36 Å². The van der Waals surface area contributed by atoms with Gasteiger partial charge in [0.25, 0.3) is 0 Å². The van der Waals surface area contributed by atoms with Crippen molar-refractivity contribution in [3.8, 4) is 11.3 Å². The van der Waals surface area contributed by atoms with Crippen LogP contribution in [0.4, 0.5) is 5.82 Å². The number of carbonyl (C=O) groups is 1. The summed E-state index contributed by atoms with van der Waals surface area (Å²) in [5, 5.41) is 15.2. The van der Waals surface area contributed by atoms with Crippen LogP contribution in [-0.4, -0.2) is 38.6 Å². The van der Waals surface area contributed by atoms with E-state index < -0.39 is 0 Å². The Hall–Kier alpha value is -2.93. The van der Waals surface area contributed by atoms with Gasteiger partial charge in [0.05, 0.1) is 17.8 Å². The standard InChI is InChI=1S/C20H24N6O/c1-13-6-4-5-7-15(13)18-8-19(26(3)24-18)23-20(27)17-11-21-10-16(17)14-9-22-25(2)12-14/h4-9,12,16-17,21H,10-11H2,1-3H3,(H,23,27)/t16-,17+/m1/s1. The summed E-state index contributed by atoms with van der Waals surface area (Å²) in [5.74, 6) is 0.706. The van der Waals surface area contributed by atoms with Crippen LogP contribution >= 0.6 is 0 Å². The van der Waals surface area contributed by atoms with Gasteiger partial charge in [-0.15, -0.1) is 0 Å². The maximum absolute atomic E-state index is 13.0. The number of carbonyl (C=O) groups excluding carboxylic acids is 1. The summed E-state index contributed by atoms with van der Waals surface area (Å²) < 4.78 is 3.50. The average Bonchev–Trinajstić information content (AvgIpc) is 3.36. The highest BCUT2D eigenvalue weighted by Crippen LogP contribution is 2.30. The predicted molar refractivity (Wildman–Crippen MR) is 104 cm³/mol. The summed E-state index contributed by atoms with van der Waals surface area (Å²) >= 11 is 0. The highest BCUT2D eigenvalue weighted by molar-refractivity contribution is 5.93. The molecule has 3 heterocycles. The molecule has 1 saturated heterocycles. The monoisotopic (exact) mass is 364 g/mol. The Labute approximate surface area is 158 Å². The first kappa shape index (κ1) is 17.5. The summed E-state index contributed by atoms with van der Waals surface area (Å²) in [6.45, 7) is 3.50. The van der Waals surface area contributed by atoms with Gasteiger partial charge in [-0.05, 0) is 18.1 Å². The van der Waals surface area contributed by atoms with E-state index in [9.17, 15) is 4.79 Å². The summed E-state index contributed by atoms with van der Waals surface area (Å²) in [7, 11) is 3.74. The molecule has 3 aromatic rings.